The highest BCUT2D eigenvalue weighted by atomic mass is 16.4. The van der Waals surface area contributed by atoms with Gasteiger partial charge in [-0.1, -0.05) is 211 Å². The smallest absolute Gasteiger partial charge is 0.219 e. The summed E-state index contributed by atoms with van der Waals surface area (Å²) in [6.07, 6.45) is 56.1. The summed E-state index contributed by atoms with van der Waals surface area (Å²) in [4.78, 5) is 42.6. The molecular formula is C60H108O6. The number of aliphatic hydroxyl groups excluding tert-OH is 1. The monoisotopic (exact) mass is 925 g/mol. The second kappa shape index (κ2) is 43.2. The van der Waals surface area contributed by atoms with Gasteiger partial charge >= 0.3 is 0 Å². The molecule has 3 N–H and O–H groups in total. The standard InChI is InChI=1S/C60H108O6/c1-4-7-10-13-16-19-22-25-28-31-34-37-40-43-46-49-55(61)59(65,56(62)50-47-44-41-38-35-32-29-26-23-20-17-14-11-8-5-2)60(66,58(64)54-52-53-54)57(63)51-48-45-42-39-36-33-30-27-24-21-18-15-12-9-6-3/h25-30,54,58,64-66H,4-24,31-53H2,1-3H3/b28-25-,29-26-,30-27-. The molecule has 0 bridgehead atoms. The number of ketones is 3. The van der Waals surface area contributed by atoms with Gasteiger partial charge in [0.15, 0.2) is 23.0 Å². The van der Waals surface area contributed by atoms with Crippen molar-refractivity contribution < 1.29 is 29.7 Å². The van der Waals surface area contributed by atoms with Gasteiger partial charge in [0, 0.05) is 19.3 Å². The summed E-state index contributed by atoms with van der Waals surface area (Å²) in [5.74, 6) is -2.80. The van der Waals surface area contributed by atoms with Gasteiger partial charge in [0.05, 0.1) is 6.10 Å². The van der Waals surface area contributed by atoms with E-state index in [1.807, 2.05) is 0 Å². The lowest BCUT2D eigenvalue weighted by atomic mass is 9.67. The summed E-state index contributed by atoms with van der Waals surface area (Å²) >= 11 is 0. The minimum atomic E-state index is -2.95. The molecule has 0 saturated heterocycles. The van der Waals surface area contributed by atoms with Crippen molar-refractivity contribution in [2.24, 2.45) is 5.92 Å². The van der Waals surface area contributed by atoms with Gasteiger partial charge in [0.2, 0.25) is 5.60 Å². The molecular weight excluding hydrogens is 817 g/mol. The largest absolute Gasteiger partial charge is 0.389 e. The van der Waals surface area contributed by atoms with Crippen LogP contribution in [0.2, 0.25) is 0 Å². The minimum Gasteiger partial charge on any atom is -0.389 e. The molecule has 6 heteroatoms. The Morgan fingerprint density at radius 3 is 0.864 bits per heavy atom. The summed E-state index contributed by atoms with van der Waals surface area (Å²) in [6, 6.07) is 0. The molecule has 1 rings (SSSR count). The highest BCUT2D eigenvalue weighted by molar-refractivity contribution is 6.16. The number of allylic oxidation sites excluding steroid dienone is 6. The van der Waals surface area contributed by atoms with Crippen LogP contribution in [0.3, 0.4) is 0 Å². The van der Waals surface area contributed by atoms with Gasteiger partial charge in [-0.3, -0.25) is 14.4 Å². The number of carbonyl (C=O) groups is 3. The fraction of sp³-hybridized carbons (Fsp3) is 0.850. The van der Waals surface area contributed by atoms with Gasteiger partial charge in [-0.05, 0) is 115 Å². The Hall–Kier alpha value is -1.89. The Morgan fingerprint density at radius 1 is 0.379 bits per heavy atom. The van der Waals surface area contributed by atoms with Crippen LogP contribution in [-0.2, 0) is 14.4 Å². The third-order valence-corrected chi connectivity index (χ3v) is 14.3. The Kier molecular flexibility index (Phi) is 40.6. The van der Waals surface area contributed by atoms with Crippen molar-refractivity contribution in [1.82, 2.24) is 0 Å². The maximum Gasteiger partial charge on any atom is 0.219 e. The second-order valence-corrected chi connectivity index (χ2v) is 20.5. The van der Waals surface area contributed by atoms with Crippen LogP contribution >= 0.6 is 0 Å². The molecule has 66 heavy (non-hydrogen) atoms. The van der Waals surface area contributed by atoms with Crippen molar-refractivity contribution in [2.75, 3.05) is 0 Å². The van der Waals surface area contributed by atoms with E-state index in [-0.39, 0.29) is 19.3 Å². The summed E-state index contributed by atoms with van der Waals surface area (Å²) in [5.41, 5.74) is -5.79. The van der Waals surface area contributed by atoms with Crippen LogP contribution in [0.4, 0.5) is 0 Å². The normalized spacial score (nSPS) is 14.8. The third-order valence-electron chi connectivity index (χ3n) is 14.3. The molecule has 0 heterocycles. The number of Topliss-reactive ketones (excluding diaryl/α,β-unsaturated/α-hetero) is 3. The Morgan fingerprint density at radius 2 is 0.606 bits per heavy atom. The minimum absolute atomic E-state index is 0.0812. The molecule has 0 aromatic heterocycles. The maximum atomic E-state index is 14.2. The van der Waals surface area contributed by atoms with Crippen molar-refractivity contribution >= 4 is 17.3 Å². The fourth-order valence-electron chi connectivity index (χ4n) is 9.54. The maximum absolute atomic E-state index is 14.2. The van der Waals surface area contributed by atoms with Gasteiger partial charge in [0.25, 0.3) is 0 Å². The van der Waals surface area contributed by atoms with Crippen LogP contribution in [0.15, 0.2) is 36.5 Å². The number of carbonyl (C=O) groups excluding carboxylic acids is 3. The van der Waals surface area contributed by atoms with Crippen molar-refractivity contribution in [3.63, 3.8) is 0 Å². The van der Waals surface area contributed by atoms with Crippen LogP contribution in [-0.4, -0.2) is 50.0 Å². The van der Waals surface area contributed by atoms with E-state index in [1.54, 1.807) is 0 Å². The molecule has 0 aliphatic heterocycles. The first-order valence-corrected chi connectivity index (χ1v) is 28.9. The molecule has 0 aromatic rings. The van der Waals surface area contributed by atoms with Crippen LogP contribution in [0.25, 0.3) is 0 Å². The first kappa shape index (κ1) is 62.1. The van der Waals surface area contributed by atoms with Gasteiger partial charge in [-0.25, -0.2) is 0 Å². The Balaban J connectivity index is 2.75. The zero-order valence-corrected chi connectivity index (χ0v) is 43.8. The predicted octanol–water partition coefficient (Wildman–Crippen LogP) is 17.0. The quantitative estimate of drug-likeness (QED) is 0.0318. The van der Waals surface area contributed by atoms with E-state index < -0.39 is 40.6 Å². The second-order valence-electron chi connectivity index (χ2n) is 20.5. The molecule has 1 fully saturated rings. The molecule has 6 nitrogen and oxygen atoms in total. The van der Waals surface area contributed by atoms with E-state index in [1.165, 1.54) is 116 Å². The fourth-order valence-corrected chi connectivity index (χ4v) is 9.54. The van der Waals surface area contributed by atoms with E-state index in [2.05, 4.69) is 57.2 Å². The van der Waals surface area contributed by atoms with E-state index in [4.69, 9.17) is 0 Å². The molecule has 0 aromatic carbocycles. The molecule has 1 aliphatic carbocycles. The lowest BCUT2D eigenvalue weighted by Gasteiger charge is -2.43. The zero-order valence-electron chi connectivity index (χ0n) is 43.8. The van der Waals surface area contributed by atoms with Crippen LogP contribution in [0, 0.1) is 5.92 Å². The average molecular weight is 926 g/mol. The van der Waals surface area contributed by atoms with Crippen molar-refractivity contribution in [3.8, 4) is 0 Å². The van der Waals surface area contributed by atoms with Crippen molar-refractivity contribution in [3.05, 3.63) is 36.5 Å². The molecule has 1 aliphatic rings. The number of aliphatic hydroxyl groups is 3. The number of hydrogen-bond acceptors (Lipinski definition) is 6. The number of rotatable bonds is 51. The third kappa shape index (κ3) is 29.2. The lowest BCUT2D eigenvalue weighted by molar-refractivity contribution is -0.209. The highest BCUT2D eigenvalue weighted by Gasteiger charge is 2.67. The number of unbranched alkanes of at least 4 members (excludes halogenated alkanes) is 33. The molecule has 384 valence electrons. The molecule has 0 amide bonds. The summed E-state index contributed by atoms with van der Waals surface area (Å²) in [7, 11) is 0. The van der Waals surface area contributed by atoms with E-state index in [9.17, 15) is 29.7 Å². The lowest BCUT2D eigenvalue weighted by Crippen LogP contribution is -2.73. The SMILES string of the molecule is CCCCCCCC/C=C\CCCCCCCC(=O)C(O)(C(=O)CCCCCCC/C=C\CCCCCCCC)C(O)(C(=O)CCCCCCC/C=C\CCCCCCCC)C(O)C1CC1. The topological polar surface area (TPSA) is 112 Å². The number of hydrogen-bond donors (Lipinski definition) is 3. The summed E-state index contributed by atoms with van der Waals surface area (Å²) in [6.45, 7) is 6.75. The summed E-state index contributed by atoms with van der Waals surface area (Å²) < 4.78 is 0. The highest BCUT2D eigenvalue weighted by Crippen LogP contribution is 2.44. The van der Waals surface area contributed by atoms with E-state index in [0.29, 0.717) is 32.1 Å². The molecule has 2 unspecified atom stereocenters. The van der Waals surface area contributed by atoms with Crippen LogP contribution in [0.1, 0.15) is 303 Å². The van der Waals surface area contributed by atoms with Crippen molar-refractivity contribution in [1.29, 1.82) is 0 Å². The Labute approximate surface area is 408 Å². The van der Waals surface area contributed by atoms with Gasteiger partial charge in [0.1, 0.15) is 0 Å². The molecule has 0 radical (unpaired) electrons. The molecule has 0 spiro atoms. The Bertz CT molecular complexity index is 1200. The predicted molar refractivity (Wildman–Crippen MR) is 282 cm³/mol. The van der Waals surface area contributed by atoms with Gasteiger partial charge in [-0.2, -0.15) is 0 Å². The van der Waals surface area contributed by atoms with Crippen LogP contribution < -0.4 is 0 Å². The first-order valence-electron chi connectivity index (χ1n) is 28.9. The average Bonchev–Trinajstić information content (AvgIpc) is 4.17. The first-order chi connectivity index (χ1) is 32.2. The van der Waals surface area contributed by atoms with Gasteiger partial charge in [-0.15, -0.1) is 0 Å². The molecule has 2 atom stereocenters. The van der Waals surface area contributed by atoms with E-state index in [0.717, 1.165) is 116 Å². The van der Waals surface area contributed by atoms with Gasteiger partial charge < -0.3 is 15.3 Å². The van der Waals surface area contributed by atoms with Crippen LogP contribution in [0.5, 0.6) is 0 Å². The zero-order chi connectivity index (χ0) is 48.2. The van der Waals surface area contributed by atoms with E-state index >= 15 is 0 Å². The van der Waals surface area contributed by atoms with Crippen molar-refractivity contribution in [2.45, 2.75) is 321 Å². The summed E-state index contributed by atoms with van der Waals surface area (Å²) in [5, 5.41) is 36.4. The molecule has 1 saturated carbocycles.